The summed E-state index contributed by atoms with van der Waals surface area (Å²) in [5.74, 6) is 0. The Hall–Kier alpha value is -0.800. The van der Waals surface area contributed by atoms with Crippen molar-refractivity contribution in [1.82, 2.24) is 0 Å². The number of hydrogen-bond donors (Lipinski definition) is 0. The lowest BCUT2D eigenvalue weighted by molar-refractivity contribution is 1.41. The van der Waals surface area contributed by atoms with Crippen LogP contribution >= 0.6 is 61.0 Å². The van der Waals surface area contributed by atoms with Crippen LogP contribution in [0.15, 0.2) is 121 Å². The van der Waals surface area contributed by atoms with Gasteiger partial charge < -0.3 is 0 Å². The summed E-state index contributed by atoms with van der Waals surface area (Å²) in [6.45, 7) is 0. The Bertz CT molecular complexity index is 864. The van der Waals surface area contributed by atoms with E-state index in [1.54, 1.807) is 0 Å². The highest BCUT2D eigenvalue weighted by Crippen LogP contribution is 2.60. The Labute approximate surface area is 209 Å². The predicted octanol–water partition coefficient (Wildman–Crippen LogP) is 6.77. The van der Waals surface area contributed by atoms with Crippen LogP contribution in [0.4, 0.5) is 0 Å². The van der Waals surface area contributed by atoms with E-state index in [-0.39, 0.29) is 0 Å². The van der Waals surface area contributed by atoms with E-state index in [1.165, 1.54) is 21.2 Å². The molecule has 0 saturated carbocycles. The predicted molar refractivity (Wildman–Crippen MR) is 154 cm³/mol. The van der Waals surface area contributed by atoms with Crippen LogP contribution in [0.3, 0.4) is 0 Å². The molecular formula is C26H22I2P2. The first-order valence-corrected chi connectivity index (χ1v) is 15.1. The second-order valence-electron chi connectivity index (χ2n) is 6.83. The molecule has 0 unspecified atom stereocenters. The number of benzene rings is 4. The quantitative estimate of drug-likeness (QED) is 0.118. The van der Waals surface area contributed by atoms with Gasteiger partial charge in [-0.2, -0.15) is 0 Å². The minimum atomic E-state index is -0.527. The molecule has 0 fully saturated rings. The number of hydrogen-bond acceptors (Lipinski definition) is 0. The van der Waals surface area contributed by atoms with Crippen molar-refractivity contribution >= 4 is 82.2 Å². The van der Waals surface area contributed by atoms with Gasteiger partial charge in [0.25, 0.3) is 0 Å². The number of halogens is 2. The first kappa shape index (κ1) is 22.4. The van der Waals surface area contributed by atoms with E-state index < -0.39 is 15.8 Å². The maximum Gasteiger partial charge on any atom is 0.0745 e. The lowest BCUT2D eigenvalue weighted by atomic mass is 10.4. The van der Waals surface area contributed by atoms with Crippen LogP contribution < -0.4 is 21.2 Å². The Morgan fingerprint density at radius 2 is 0.633 bits per heavy atom. The smallest absolute Gasteiger partial charge is 0.0698 e. The molecule has 0 radical (unpaired) electrons. The second-order valence-corrected chi connectivity index (χ2v) is 17.0. The summed E-state index contributed by atoms with van der Waals surface area (Å²) in [5.41, 5.74) is 0. The average Bonchev–Trinajstić information content (AvgIpc) is 2.81. The summed E-state index contributed by atoms with van der Waals surface area (Å²) in [4.78, 5) is 0. The van der Waals surface area contributed by atoms with Crippen molar-refractivity contribution in [2.75, 3.05) is 0 Å². The Morgan fingerprint density at radius 3 is 0.833 bits per heavy atom. The fraction of sp³-hybridized carbons (Fsp3) is 0.0769. The SMILES string of the molecule is IC(I)C(P(c1ccccc1)c1ccccc1)P(c1ccccc1)c1ccccc1. The molecule has 4 heteroatoms. The third kappa shape index (κ3) is 5.33. The van der Waals surface area contributed by atoms with E-state index in [4.69, 9.17) is 0 Å². The van der Waals surface area contributed by atoms with Crippen molar-refractivity contribution in [2.45, 2.75) is 7.33 Å². The van der Waals surface area contributed by atoms with Gasteiger partial charge in [0.2, 0.25) is 0 Å². The highest BCUT2D eigenvalue weighted by atomic mass is 127. The van der Waals surface area contributed by atoms with Gasteiger partial charge in [0.1, 0.15) is 0 Å². The van der Waals surface area contributed by atoms with E-state index in [0.717, 1.165) is 0 Å². The maximum absolute atomic E-state index is 2.66. The second kappa shape index (κ2) is 11.2. The lowest BCUT2D eigenvalue weighted by Crippen LogP contribution is -2.31. The molecule has 0 atom stereocenters. The fourth-order valence-corrected chi connectivity index (χ4v) is 14.2. The van der Waals surface area contributed by atoms with Crippen LogP contribution in [0.1, 0.15) is 0 Å². The van der Waals surface area contributed by atoms with E-state index in [1.807, 2.05) is 0 Å². The molecule has 4 aromatic carbocycles. The lowest BCUT2D eigenvalue weighted by Gasteiger charge is -2.37. The van der Waals surface area contributed by atoms with Crippen LogP contribution in [-0.2, 0) is 0 Å². The van der Waals surface area contributed by atoms with Crippen LogP contribution in [-0.4, -0.2) is 7.33 Å². The van der Waals surface area contributed by atoms with Gasteiger partial charge in [0.05, 0.1) is 1.93 Å². The zero-order valence-electron chi connectivity index (χ0n) is 16.4. The molecular weight excluding hydrogens is 628 g/mol. The molecule has 0 nitrogen and oxygen atoms in total. The van der Waals surface area contributed by atoms with Crippen LogP contribution in [0.25, 0.3) is 0 Å². The van der Waals surface area contributed by atoms with Crippen molar-refractivity contribution in [3.63, 3.8) is 0 Å². The molecule has 0 heterocycles. The highest BCUT2D eigenvalue weighted by Gasteiger charge is 2.37. The van der Waals surface area contributed by atoms with Gasteiger partial charge in [-0.1, -0.05) is 167 Å². The molecule has 0 saturated heterocycles. The Kier molecular flexibility index (Phi) is 8.35. The number of alkyl halides is 2. The zero-order valence-corrected chi connectivity index (χ0v) is 22.5. The van der Waals surface area contributed by atoms with Crippen molar-refractivity contribution in [3.05, 3.63) is 121 Å². The van der Waals surface area contributed by atoms with Crippen molar-refractivity contribution < 1.29 is 0 Å². The van der Waals surface area contributed by atoms with E-state index in [0.29, 0.717) is 7.33 Å². The minimum absolute atomic E-state index is 0.498. The highest BCUT2D eigenvalue weighted by molar-refractivity contribution is 14.2. The molecule has 0 aromatic heterocycles. The van der Waals surface area contributed by atoms with Crippen LogP contribution in [0.2, 0.25) is 0 Å². The van der Waals surface area contributed by atoms with Crippen molar-refractivity contribution in [1.29, 1.82) is 0 Å². The molecule has 0 spiro atoms. The van der Waals surface area contributed by atoms with Gasteiger partial charge in [0.15, 0.2) is 0 Å². The molecule has 0 aliphatic heterocycles. The molecule has 0 amide bonds. The molecule has 150 valence electrons. The zero-order chi connectivity index (χ0) is 20.8. The normalized spacial score (nSPS) is 11.5. The van der Waals surface area contributed by atoms with Crippen molar-refractivity contribution in [2.24, 2.45) is 0 Å². The maximum atomic E-state index is 2.66. The minimum Gasteiger partial charge on any atom is -0.0698 e. The molecule has 4 rings (SSSR count). The molecule has 4 aromatic rings. The van der Waals surface area contributed by atoms with Gasteiger partial charge in [-0.3, -0.25) is 0 Å². The standard InChI is InChI=1S/C26H22I2P2/c27-25(28)26(29(21-13-5-1-6-14-21)22-15-7-2-8-16-22)30(23-17-9-3-10-18-23)24-19-11-4-12-20-24/h1-20,25-26H. The van der Waals surface area contributed by atoms with Gasteiger partial charge >= 0.3 is 0 Å². The third-order valence-corrected chi connectivity index (χ3v) is 15.1. The van der Waals surface area contributed by atoms with Crippen LogP contribution in [0, 0.1) is 0 Å². The fourth-order valence-electron chi connectivity index (χ4n) is 3.60. The van der Waals surface area contributed by atoms with Crippen molar-refractivity contribution in [3.8, 4) is 0 Å². The number of rotatable bonds is 7. The largest absolute Gasteiger partial charge is 0.0745 e. The summed E-state index contributed by atoms with van der Waals surface area (Å²) in [6.07, 6.45) is 0. The molecule has 30 heavy (non-hydrogen) atoms. The summed E-state index contributed by atoms with van der Waals surface area (Å²) in [7, 11) is -1.05. The van der Waals surface area contributed by atoms with E-state index >= 15 is 0 Å². The summed E-state index contributed by atoms with van der Waals surface area (Å²) >= 11 is 5.32. The van der Waals surface area contributed by atoms with E-state index in [9.17, 15) is 0 Å². The molecule has 0 aliphatic carbocycles. The molecule has 0 N–H and O–H groups in total. The molecule has 0 aliphatic rings. The van der Waals surface area contributed by atoms with Gasteiger partial charge in [-0.05, 0) is 37.1 Å². The Morgan fingerprint density at radius 1 is 0.400 bits per heavy atom. The van der Waals surface area contributed by atoms with Crippen LogP contribution in [0.5, 0.6) is 0 Å². The summed E-state index contributed by atoms with van der Waals surface area (Å²) in [6, 6.07) is 44.6. The van der Waals surface area contributed by atoms with E-state index in [2.05, 4.69) is 167 Å². The monoisotopic (exact) mass is 650 g/mol. The Balaban J connectivity index is 1.92. The van der Waals surface area contributed by atoms with Gasteiger partial charge in [0, 0.05) is 5.40 Å². The molecule has 0 bridgehead atoms. The average molecular weight is 650 g/mol. The first-order valence-electron chi connectivity index (χ1n) is 9.82. The summed E-state index contributed by atoms with van der Waals surface area (Å²) < 4.78 is 0.498. The first-order chi connectivity index (χ1) is 14.8. The van der Waals surface area contributed by atoms with Gasteiger partial charge in [-0.15, -0.1) is 0 Å². The third-order valence-electron chi connectivity index (χ3n) is 4.89. The summed E-state index contributed by atoms with van der Waals surface area (Å²) in [5, 5.41) is 6.36. The topological polar surface area (TPSA) is 0 Å². The van der Waals surface area contributed by atoms with Gasteiger partial charge in [-0.25, -0.2) is 0 Å².